The van der Waals surface area contributed by atoms with E-state index in [-0.39, 0.29) is 53.5 Å². The smallest absolute Gasteiger partial charge is 0.365 e. The highest BCUT2D eigenvalue weighted by Gasteiger charge is 2.34. The quantitative estimate of drug-likeness (QED) is 0.415. The number of amides is 2. The van der Waals surface area contributed by atoms with Crippen LogP contribution in [-0.2, 0) is 30.5 Å². The van der Waals surface area contributed by atoms with E-state index in [1.54, 1.807) is 0 Å². The van der Waals surface area contributed by atoms with E-state index in [2.05, 4.69) is 9.94 Å². The molecule has 0 bridgehead atoms. The number of alkyl halides is 3. The number of halogens is 5. The minimum Gasteiger partial charge on any atom is -0.365 e. The molecule has 2 N–H and O–H groups in total. The molecule has 0 radical (unpaired) electrons. The summed E-state index contributed by atoms with van der Waals surface area (Å²) in [4.78, 5) is 29.4. The molecule has 1 aromatic heterocycles. The molecular weight excluding hydrogens is 490 g/mol. The van der Waals surface area contributed by atoms with Gasteiger partial charge in [0.05, 0.1) is 42.9 Å². The molecular formula is C23H16ClF4N5O2. The number of rotatable bonds is 4. The molecule has 0 fully saturated rings. The summed E-state index contributed by atoms with van der Waals surface area (Å²) < 4.78 is 55.2. The predicted molar refractivity (Wildman–Crippen MR) is 118 cm³/mol. The zero-order valence-electron chi connectivity index (χ0n) is 17.9. The third-order valence-corrected chi connectivity index (χ3v) is 5.78. The van der Waals surface area contributed by atoms with Gasteiger partial charge in [-0.1, -0.05) is 29.8 Å². The van der Waals surface area contributed by atoms with Gasteiger partial charge < -0.3 is 10.6 Å². The average molecular weight is 506 g/mol. The Bertz CT molecular complexity index is 1370. The fourth-order valence-electron chi connectivity index (χ4n) is 3.99. The van der Waals surface area contributed by atoms with Crippen LogP contribution in [0.2, 0.25) is 5.02 Å². The number of nitrogens with zero attached hydrogens (tertiary/aromatic N) is 4. The van der Waals surface area contributed by atoms with E-state index in [0.717, 1.165) is 24.3 Å². The number of aromatic nitrogens is 2. The zero-order valence-corrected chi connectivity index (χ0v) is 18.6. The monoisotopic (exact) mass is 505 g/mol. The molecule has 35 heavy (non-hydrogen) atoms. The summed E-state index contributed by atoms with van der Waals surface area (Å²) in [7, 11) is 0. The lowest BCUT2D eigenvalue weighted by molar-refractivity contribution is -0.137. The van der Waals surface area contributed by atoms with Gasteiger partial charge in [-0.3, -0.25) is 14.3 Å². The summed E-state index contributed by atoms with van der Waals surface area (Å²) in [6, 6.07) is 6.81. The molecule has 2 amide bonds. The van der Waals surface area contributed by atoms with E-state index in [9.17, 15) is 27.2 Å². The van der Waals surface area contributed by atoms with E-state index < -0.39 is 35.1 Å². The lowest BCUT2D eigenvalue weighted by Crippen LogP contribution is -2.40. The molecule has 0 saturated carbocycles. The molecule has 1 aliphatic rings. The van der Waals surface area contributed by atoms with Crippen molar-refractivity contribution in [2.45, 2.75) is 25.7 Å². The van der Waals surface area contributed by atoms with Crippen LogP contribution in [0.3, 0.4) is 0 Å². The van der Waals surface area contributed by atoms with Gasteiger partial charge in [-0.25, -0.2) is 9.24 Å². The topological polar surface area (TPSA) is 85.6 Å². The first-order valence-electron chi connectivity index (χ1n) is 10.2. The van der Waals surface area contributed by atoms with Crippen LogP contribution in [0.15, 0.2) is 36.4 Å². The van der Waals surface area contributed by atoms with Crippen molar-refractivity contribution < 1.29 is 27.2 Å². The van der Waals surface area contributed by atoms with Crippen molar-refractivity contribution in [3.63, 3.8) is 0 Å². The highest BCUT2D eigenvalue weighted by atomic mass is 35.5. The standard InChI is InChI=1S/C23H16ClF4N5O2/c1-30-17-3-2-12(6-16(17)23(26,27)28)7-19(34)32-4-5-33-18(11-32)20(22(29)35)21(31-33)13-8-14(24)10-15(25)9-13/h2-3,6,8-10H,4-5,7,11H2,(H2,29,35). The molecule has 0 spiro atoms. The van der Waals surface area contributed by atoms with Crippen LogP contribution < -0.4 is 5.73 Å². The van der Waals surface area contributed by atoms with Crippen LogP contribution in [0.5, 0.6) is 0 Å². The van der Waals surface area contributed by atoms with Crippen molar-refractivity contribution in [3.05, 3.63) is 81.0 Å². The Morgan fingerprint density at radius 2 is 1.91 bits per heavy atom. The number of carbonyl (C=O) groups excluding carboxylic acids is 2. The second kappa shape index (κ2) is 9.03. The van der Waals surface area contributed by atoms with Gasteiger partial charge in [-0.15, -0.1) is 0 Å². The first-order valence-corrected chi connectivity index (χ1v) is 10.6. The Balaban J connectivity index is 1.62. The molecule has 0 atom stereocenters. The second-order valence-corrected chi connectivity index (χ2v) is 8.31. The molecule has 0 unspecified atom stereocenters. The molecule has 3 aromatic rings. The minimum atomic E-state index is -4.73. The fraction of sp³-hybridized carbons (Fsp3) is 0.217. The minimum absolute atomic E-state index is 0.00457. The lowest BCUT2D eigenvalue weighted by atomic mass is 10.0. The number of hydrogen-bond donors (Lipinski definition) is 1. The van der Waals surface area contributed by atoms with Gasteiger partial charge in [-0.05, 0) is 23.8 Å². The number of nitrogens with two attached hydrogens (primary N) is 1. The van der Waals surface area contributed by atoms with Crippen LogP contribution in [0.1, 0.15) is 27.2 Å². The van der Waals surface area contributed by atoms with E-state index in [1.807, 2.05) is 0 Å². The highest BCUT2D eigenvalue weighted by Crippen LogP contribution is 2.37. The van der Waals surface area contributed by atoms with Crippen LogP contribution in [0.25, 0.3) is 16.1 Å². The van der Waals surface area contributed by atoms with Gasteiger partial charge in [0.1, 0.15) is 11.5 Å². The molecule has 12 heteroatoms. The molecule has 7 nitrogen and oxygen atoms in total. The third kappa shape index (κ3) is 4.83. The van der Waals surface area contributed by atoms with Crippen molar-refractivity contribution in [1.29, 1.82) is 0 Å². The van der Waals surface area contributed by atoms with E-state index in [0.29, 0.717) is 5.69 Å². The maximum absolute atomic E-state index is 13.9. The van der Waals surface area contributed by atoms with Crippen molar-refractivity contribution >= 4 is 29.1 Å². The molecule has 2 heterocycles. The van der Waals surface area contributed by atoms with Crippen molar-refractivity contribution in [2.75, 3.05) is 6.54 Å². The van der Waals surface area contributed by atoms with Gasteiger partial charge in [0, 0.05) is 17.1 Å². The molecule has 180 valence electrons. The molecule has 4 rings (SSSR count). The van der Waals surface area contributed by atoms with Gasteiger partial charge in [0.25, 0.3) is 5.91 Å². The highest BCUT2D eigenvalue weighted by molar-refractivity contribution is 6.30. The Labute approximate surface area is 201 Å². The van der Waals surface area contributed by atoms with Crippen molar-refractivity contribution in [2.24, 2.45) is 5.73 Å². The van der Waals surface area contributed by atoms with Gasteiger partial charge in [0.2, 0.25) is 5.91 Å². The maximum Gasteiger partial charge on any atom is 0.407 e. The summed E-state index contributed by atoms with van der Waals surface area (Å²) in [6.07, 6.45) is -5.07. The molecule has 0 aliphatic carbocycles. The summed E-state index contributed by atoms with van der Waals surface area (Å²) >= 11 is 5.93. The summed E-state index contributed by atoms with van der Waals surface area (Å²) in [6.45, 7) is 7.23. The van der Waals surface area contributed by atoms with Crippen LogP contribution in [0, 0.1) is 12.4 Å². The first kappa shape index (κ1) is 24.2. The second-order valence-electron chi connectivity index (χ2n) is 7.87. The SMILES string of the molecule is [C-]#[N+]c1ccc(CC(=O)N2CCn3nc(-c4cc(F)cc(Cl)c4)c(C(N)=O)c3C2)cc1C(F)(F)F. The summed E-state index contributed by atoms with van der Waals surface area (Å²) in [5.41, 5.74) is 4.70. The Kier molecular flexibility index (Phi) is 6.25. The van der Waals surface area contributed by atoms with Gasteiger partial charge >= 0.3 is 6.18 Å². The molecule has 2 aromatic carbocycles. The van der Waals surface area contributed by atoms with Gasteiger partial charge in [-0.2, -0.15) is 18.3 Å². The average Bonchev–Trinajstić information content (AvgIpc) is 3.17. The number of primary amides is 1. The number of carbonyl (C=O) groups is 2. The van der Waals surface area contributed by atoms with Crippen molar-refractivity contribution in [3.8, 4) is 11.3 Å². The Morgan fingerprint density at radius 1 is 1.17 bits per heavy atom. The van der Waals surface area contributed by atoms with E-state index in [4.69, 9.17) is 23.9 Å². The first-order chi connectivity index (χ1) is 16.5. The third-order valence-electron chi connectivity index (χ3n) is 5.56. The van der Waals surface area contributed by atoms with Gasteiger partial charge in [0.15, 0.2) is 5.69 Å². The largest absolute Gasteiger partial charge is 0.407 e. The number of hydrogen-bond acceptors (Lipinski definition) is 3. The van der Waals surface area contributed by atoms with E-state index in [1.165, 1.54) is 21.7 Å². The van der Waals surface area contributed by atoms with Crippen LogP contribution in [0.4, 0.5) is 23.2 Å². The summed E-state index contributed by atoms with van der Waals surface area (Å²) in [5.74, 6) is -1.94. The Hall–Kier alpha value is -3.91. The van der Waals surface area contributed by atoms with Crippen LogP contribution >= 0.6 is 11.6 Å². The fourth-order valence-corrected chi connectivity index (χ4v) is 4.21. The molecule has 1 aliphatic heterocycles. The maximum atomic E-state index is 13.9. The lowest BCUT2D eigenvalue weighted by Gasteiger charge is -2.28. The number of fused-ring (bicyclic) bond motifs is 1. The predicted octanol–water partition coefficient (Wildman–Crippen LogP) is 4.60. The number of benzene rings is 2. The van der Waals surface area contributed by atoms with E-state index >= 15 is 0 Å². The Morgan fingerprint density at radius 3 is 2.54 bits per heavy atom. The summed E-state index contributed by atoms with van der Waals surface area (Å²) in [5, 5.41) is 4.46. The van der Waals surface area contributed by atoms with Crippen LogP contribution in [-0.4, -0.2) is 33.0 Å². The molecule has 0 saturated heterocycles. The normalized spacial score (nSPS) is 13.3. The van der Waals surface area contributed by atoms with Crippen molar-refractivity contribution in [1.82, 2.24) is 14.7 Å². The zero-order chi connectivity index (χ0) is 25.5.